The maximum atomic E-state index is 6.28. The second kappa shape index (κ2) is 10.4. The lowest BCUT2D eigenvalue weighted by Gasteiger charge is -2.21. The number of benzene rings is 6. The first kappa shape index (κ1) is 27.8. The minimum atomic E-state index is -0.112. The SMILES string of the molecule is CC1(C)c2ccccc2-c2c(-c3cc(-c4ccc(-c5cc6ccccc6o5)cc4)nc(-c4ccc5c(c4)oc4ccccc45)n3)cccc21. The van der Waals surface area contributed by atoms with E-state index in [2.05, 4.69) is 123 Å². The van der Waals surface area contributed by atoms with Gasteiger partial charge in [0.2, 0.25) is 0 Å². The summed E-state index contributed by atoms with van der Waals surface area (Å²) in [5.41, 5.74) is 13.4. The molecule has 1 aliphatic rings. The molecule has 49 heavy (non-hydrogen) atoms. The Kier molecular flexibility index (Phi) is 5.89. The van der Waals surface area contributed by atoms with Gasteiger partial charge in [0.05, 0.1) is 11.4 Å². The van der Waals surface area contributed by atoms with Crippen LogP contribution in [0.5, 0.6) is 0 Å². The standard InChI is InChI=1S/C45H30N2O2/c1-45(2)35-14-6-4-12-33(35)43-34(13-9-15-36(43)45)38-26-37(27-18-20-28(21-19-27)41-24-29-10-3-7-16-39(29)48-41)46-44(47-38)30-22-23-32-31-11-5-8-17-40(31)49-42(32)25-30/h3-26H,1-2H3. The van der Waals surface area contributed by atoms with Crippen molar-refractivity contribution in [3.63, 3.8) is 0 Å². The summed E-state index contributed by atoms with van der Waals surface area (Å²) in [6.07, 6.45) is 0. The number of nitrogens with zero attached hydrogens (tertiary/aromatic N) is 2. The predicted molar refractivity (Wildman–Crippen MR) is 198 cm³/mol. The largest absolute Gasteiger partial charge is 0.456 e. The van der Waals surface area contributed by atoms with Gasteiger partial charge in [-0.1, -0.05) is 123 Å². The molecule has 232 valence electrons. The lowest BCUT2D eigenvalue weighted by Crippen LogP contribution is -2.14. The highest BCUT2D eigenvalue weighted by Crippen LogP contribution is 2.52. The van der Waals surface area contributed by atoms with Crippen molar-refractivity contribution in [1.29, 1.82) is 0 Å². The van der Waals surface area contributed by atoms with Crippen LogP contribution >= 0.6 is 0 Å². The van der Waals surface area contributed by atoms with Crippen LogP contribution in [0.3, 0.4) is 0 Å². The van der Waals surface area contributed by atoms with Gasteiger partial charge in [-0.2, -0.15) is 0 Å². The number of hydrogen-bond acceptors (Lipinski definition) is 4. The minimum Gasteiger partial charge on any atom is -0.456 e. The molecule has 0 amide bonds. The Bertz CT molecular complexity index is 2710. The lowest BCUT2D eigenvalue weighted by atomic mass is 9.82. The summed E-state index contributed by atoms with van der Waals surface area (Å²) in [5, 5.41) is 3.27. The Morgan fingerprint density at radius 3 is 2.02 bits per heavy atom. The molecule has 0 atom stereocenters. The molecule has 6 aromatic carbocycles. The van der Waals surface area contributed by atoms with Gasteiger partial charge in [-0.25, -0.2) is 9.97 Å². The highest BCUT2D eigenvalue weighted by atomic mass is 16.3. The summed E-state index contributed by atoms with van der Waals surface area (Å²) < 4.78 is 12.4. The van der Waals surface area contributed by atoms with E-state index in [-0.39, 0.29) is 5.41 Å². The molecule has 0 saturated carbocycles. The molecule has 0 fully saturated rings. The van der Waals surface area contributed by atoms with Crippen LogP contribution < -0.4 is 0 Å². The summed E-state index contributed by atoms with van der Waals surface area (Å²) in [6.45, 7) is 4.62. The van der Waals surface area contributed by atoms with E-state index in [0.717, 1.165) is 72.3 Å². The molecule has 1 aliphatic carbocycles. The molecule has 0 saturated heterocycles. The minimum absolute atomic E-state index is 0.112. The zero-order valence-electron chi connectivity index (χ0n) is 27.1. The van der Waals surface area contributed by atoms with Gasteiger partial charge in [0.1, 0.15) is 22.5 Å². The number of fused-ring (bicyclic) bond motifs is 7. The average Bonchev–Trinajstić information content (AvgIpc) is 3.82. The first-order valence-electron chi connectivity index (χ1n) is 16.7. The molecule has 10 rings (SSSR count). The van der Waals surface area contributed by atoms with Crippen LogP contribution in [0.15, 0.2) is 154 Å². The third-order valence-electron chi connectivity index (χ3n) is 10.1. The smallest absolute Gasteiger partial charge is 0.160 e. The van der Waals surface area contributed by atoms with Crippen LogP contribution in [0.2, 0.25) is 0 Å². The third kappa shape index (κ3) is 4.31. The molecule has 0 unspecified atom stereocenters. The van der Waals surface area contributed by atoms with Gasteiger partial charge in [-0.3, -0.25) is 0 Å². The van der Waals surface area contributed by atoms with Gasteiger partial charge in [0, 0.05) is 43.8 Å². The summed E-state index contributed by atoms with van der Waals surface area (Å²) in [5.74, 6) is 1.50. The zero-order chi connectivity index (χ0) is 32.7. The van der Waals surface area contributed by atoms with Gasteiger partial charge >= 0.3 is 0 Å². The Morgan fingerprint density at radius 2 is 1.14 bits per heavy atom. The van der Waals surface area contributed by atoms with E-state index < -0.39 is 0 Å². The molecule has 0 bridgehead atoms. The first-order valence-corrected chi connectivity index (χ1v) is 16.7. The van der Waals surface area contributed by atoms with Crippen molar-refractivity contribution in [2.24, 2.45) is 0 Å². The molecule has 4 nitrogen and oxygen atoms in total. The molecule has 3 aromatic heterocycles. The van der Waals surface area contributed by atoms with Gasteiger partial charge in [0.25, 0.3) is 0 Å². The third-order valence-corrected chi connectivity index (χ3v) is 10.1. The van der Waals surface area contributed by atoms with Crippen molar-refractivity contribution < 1.29 is 8.83 Å². The van der Waals surface area contributed by atoms with Crippen LogP contribution in [0, 0.1) is 0 Å². The summed E-state index contributed by atoms with van der Waals surface area (Å²) in [6, 6.07) is 50.6. The van der Waals surface area contributed by atoms with Crippen molar-refractivity contribution in [3.05, 3.63) is 157 Å². The summed E-state index contributed by atoms with van der Waals surface area (Å²) >= 11 is 0. The van der Waals surface area contributed by atoms with E-state index in [1.807, 2.05) is 36.4 Å². The Hall–Kier alpha value is -6.26. The highest BCUT2D eigenvalue weighted by molar-refractivity contribution is 6.05. The van der Waals surface area contributed by atoms with Crippen LogP contribution in [0.25, 0.3) is 89.3 Å². The second-order valence-corrected chi connectivity index (χ2v) is 13.4. The number of para-hydroxylation sites is 2. The Balaban J connectivity index is 1.15. The normalized spacial score (nSPS) is 13.3. The van der Waals surface area contributed by atoms with E-state index in [0.29, 0.717) is 5.82 Å². The summed E-state index contributed by atoms with van der Waals surface area (Å²) in [7, 11) is 0. The topological polar surface area (TPSA) is 52.1 Å². The molecule has 9 aromatic rings. The average molecular weight is 631 g/mol. The van der Waals surface area contributed by atoms with Crippen molar-refractivity contribution in [2.75, 3.05) is 0 Å². The molecule has 3 heterocycles. The zero-order valence-corrected chi connectivity index (χ0v) is 27.1. The maximum Gasteiger partial charge on any atom is 0.160 e. The molecular formula is C45H30N2O2. The molecule has 0 N–H and O–H groups in total. The number of hydrogen-bond donors (Lipinski definition) is 0. The van der Waals surface area contributed by atoms with Crippen molar-refractivity contribution in [1.82, 2.24) is 9.97 Å². The predicted octanol–water partition coefficient (Wildman–Crippen LogP) is 12.1. The fraction of sp³-hybridized carbons (Fsp3) is 0.0667. The quantitative estimate of drug-likeness (QED) is 0.194. The number of rotatable bonds is 4. The van der Waals surface area contributed by atoms with E-state index in [1.54, 1.807) is 0 Å². The van der Waals surface area contributed by atoms with E-state index in [4.69, 9.17) is 18.8 Å². The van der Waals surface area contributed by atoms with E-state index in [1.165, 1.54) is 22.3 Å². The fourth-order valence-electron chi connectivity index (χ4n) is 7.62. The monoisotopic (exact) mass is 630 g/mol. The first-order chi connectivity index (χ1) is 24.0. The van der Waals surface area contributed by atoms with Crippen LogP contribution in [-0.4, -0.2) is 9.97 Å². The molecule has 0 radical (unpaired) electrons. The number of aromatic nitrogens is 2. The molecule has 0 aliphatic heterocycles. The molecular weight excluding hydrogens is 601 g/mol. The van der Waals surface area contributed by atoms with Crippen LogP contribution in [-0.2, 0) is 5.41 Å². The maximum absolute atomic E-state index is 6.28. The summed E-state index contributed by atoms with van der Waals surface area (Å²) in [4.78, 5) is 10.5. The van der Waals surface area contributed by atoms with Crippen LogP contribution in [0.1, 0.15) is 25.0 Å². The van der Waals surface area contributed by atoms with Crippen LogP contribution in [0.4, 0.5) is 0 Å². The second-order valence-electron chi connectivity index (χ2n) is 13.4. The van der Waals surface area contributed by atoms with E-state index in [9.17, 15) is 0 Å². The van der Waals surface area contributed by atoms with Gasteiger partial charge in [0.15, 0.2) is 5.82 Å². The van der Waals surface area contributed by atoms with Crippen molar-refractivity contribution >= 4 is 32.9 Å². The fourth-order valence-corrected chi connectivity index (χ4v) is 7.62. The molecule has 4 heteroatoms. The van der Waals surface area contributed by atoms with Crippen molar-refractivity contribution in [2.45, 2.75) is 19.3 Å². The van der Waals surface area contributed by atoms with E-state index >= 15 is 0 Å². The lowest BCUT2D eigenvalue weighted by molar-refractivity contribution is 0.631. The van der Waals surface area contributed by atoms with Gasteiger partial charge in [-0.05, 0) is 58.7 Å². The molecule has 0 spiro atoms. The Morgan fingerprint density at radius 1 is 0.469 bits per heavy atom. The Labute approximate surface area is 283 Å². The van der Waals surface area contributed by atoms with Gasteiger partial charge < -0.3 is 8.83 Å². The van der Waals surface area contributed by atoms with Gasteiger partial charge in [-0.15, -0.1) is 0 Å². The highest BCUT2D eigenvalue weighted by Gasteiger charge is 2.36. The number of furan rings is 2. The van der Waals surface area contributed by atoms with Crippen molar-refractivity contribution in [3.8, 4) is 56.4 Å².